The van der Waals surface area contributed by atoms with E-state index in [0.717, 1.165) is 41.8 Å². The van der Waals surface area contributed by atoms with E-state index in [1.54, 1.807) is 0 Å². The minimum atomic E-state index is -0.253. The van der Waals surface area contributed by atoms with Gasteiger partial charge in [0.1, 0.15) is 5.69 Å². The van der Waals surface area contributed by atoms with Gasteiger partial charge >= 0.3 is 0 Å². The summed E-state index contributed by atoms with van der Waals surface area (Å²) >= 11 is 0. The summed E-state index contributed by atoms with van der Waals surface area (Å²) in [6, 6.07) is 10.8. The van der Waals surface area contributed by atoms with Crippen LogP contribution in [-0.2, 0) is 13.0 Å². The van der Waals surface area contributed by atoms with Crippen molar-refractivity contribution in [2.45, 2.75) is 53.5 Å². The molecular formula is C28H35N3O3. The highest BCUT2D eigenvalue weighted by Gasteiger charge is 2.27. The summed E-state index contributed by atoms with van der Waals surface area (Å²) in [4.78, 5) is 15.2. The molecule has 0 saturated heterocycles. The average Bonchev–Trinajstić information content (AvgIpc) is 3.24. The highest BCUT2D eigenvalue weighted by molar-refractivity contribution is 6.02. The number of carbonyl (C=O) groups excluding carboxylic acids is 1. The molecule has 2 heterocycles. The summed E-state index contributed by atoms with van der Waals surface area (Å²) in [5, 5.41) is 16.6. The SMILES string of the molecule is CCNC(=O)c1onc(-c2cc(C(C)C)c(C)cc2C)c1-c1ccc2c(c1)CCN(CCO)C2. The van der Waals surface area contributed by atoms with E-state index in [0.29, 0.717) is 24.7 Å². The largest absolute Gasteiger partial charge is 0.395 e. The maximum atomic E-state index is 12.9. The number of aliphatic hydroxyl groups is 1. The number of aliphatic hydroxyl groups excluding tert-OH is 1. The molecule has 0 atom stereocenters. The first kappa shape index (κ1) is 24.2. The number of hydrogen-bond acceptors (Lipinski definition) is 5. The Morgan fingerprint density at radius 1 is 1.18 bits per heavy atom. The maximum Gasteiger partial charge on any atom is 0.290 e. The molecule has 0 unspecified atom stereocenters. The van der Waals surface area contributed by atoms with Crippen molar-refractivity contribution in [3.05, 3.63) is 63.9 Å². The molecule has 6 nitrogen and oxygen atoms in total. The molecule has 2 aromatic carbocycles. The number of nitrogens with zero attached hydrogens (tertiary/aromatic N) is 2. The Bertz CT molecular complexity index is 1200. The van der Waals surface area contributed by atoms with Crippen molar-refractivity contribution in [1.82, 2.24) is 15.4 Å². The van der Waals surface area contributed by atoms with Gasteiger partial charge in [0.15, 0.2) is 0 Å². The number of hydrogen-bond donors (Lipinski definition) is 2. The van der Waals surface area contributed by atoms with E-state index in [2.05, 4.69) is 73.4 Å². The molecule has 0 fully saturated rings. The van der Waals surface area contributed by atoms with Crippen LogP contribution in [-0.4, -0.2) is 47.3 Å². The molecule has 0 spiro atoms. The van der Waals surface area contributed by atoms with Gasteiger partial charge in [0.05, 0.1) is 12.2 Å². The van der Waals surface area contributed by atoms with Gasteiger partial charge in [-0.05, 0) is 72.6 Å². The predicted molar refractivity (Wildman–Crippen MR) is 135 cm³/mol. The van der Waals surface area contributed by atoms with Crippen LogP contribution in [0.2, 0.25) is 0 Å². The van der Waals surface area contributed by atoms with Crippen molar-refractivity contribution in [1.29, 1.82) is 0 Å². The molecule has 0 saturated carbocycles. The second-order valence-corrected chi connectivity index (χ2v) is 9.51. The lowest BCUT2D eigenvalue weighted by atomic mass is 9.88. The molecule has 2 N–H and O–H groups in total. The summed E-state index contributed by atoms with van der Waals surface area (Å²) in [6.45, 7) is 13.6. The lowest BCUT2D eigenvalue weighted by molar-refractivity contribution is 0.0920. The quantitative estimate of drug-likeness (QED) is 0.526. The molecule has 1 aromatic heterocycles. The molecule has 1 aliphatic heterocycles. The molecule has 4 rings (SSSR count). The normalized spacial score (nSPS) is 13.9. The molecule has 180 valence electrons. The van der Waals surface area contributed by atoms with Crippen molar-refractivity contribution in [3.8, 4) is 22.4 Å². The van der Waals surface area contributed by atoms with E-state index in [4.69, 9.17) is 4.52 Å². The van der Waals surface area contributed by atoms with E-state index >= 15 is 0 Å². The highest BCUT2D eigenvalue weighted by Crippen LogP contribution is 2.39. The smallest absolute Gasteiger partial charge is 0.290 e. The Labute approximate surface area is 202 Å². The number of aryl methyl sites for hydroxylation is 2. The third-order valence-corrected chi connectivity index (χ3v) is 6.73. The van der Waals surface area contributed by atoms with Gasteiger partial charge in [0.25, 0.3) is 5.91 Å². The van der Waals surface area contributed by atoms with E-state index < -0.39 is 0 Å². The Morgan fingerprint density at radius 3 is 2.68 bits per heavy atom. The highest BCUT2D eigenvalue weighted by atomic mass is 16.5. The molecule has 0 bridgehead atoms. The molecule has 3 aromatic rings. The van der Waals surface area contributed by atoms with Crippen LogP contribution in [0.15, 0.2) is 34.9 Å². The Morgan fingerprint density at radius 2 is 1.97 bits per heavy atom. The van der Waals surface area contributed by atoms with Gasteiger partial charge in [-0.2, -0.15) is 0 Å². The second kappa shape index (κ2) is 10.1. The van der Waals surface area contributed by atoms with Crippen LogP contribution in [0.5, 0.6) is 0 Å². The van der Waals surface area contributed by atoms with Gasteiger partial charge in [0, 0.05) is 31.7 Å². The van der Waals surface area contributed by atoms with E-state index in [1.165, 1.54) is 22.3 Å². The first-order valence-electron chi connectivity index (χ1n) is 12.2. The summed E-state index contributed by atoms with van der Waals surface area (Å²) in [5.41, 5.74) is 9.55. The van der Waals surface area contributed by atoms with Gasteiger partial charge in [-0.25, -0.2) is 0 Å². The molecule has 34 heavy (non-hydrogen) atoms. The third-order valence-electron chi connectivity index (χ3n) is 6.73. The summed E-state index contributed by atoms with van der Waals surface area (Å²) in [7, 11) is 0. The van der Waals surface area contributed by atoms with Gasteiger partial charge in [-0.1, -0.05) is 43.3 Å². The van der Waals surface area contributed by atoms with Crippen LogP contribution < -0.4 is 5.32 Å². The molecule has 0 radical (unpaired) electrons. The lowest BCUT2D eigenvalue weighted by Crippen LogP contribution is -2.32. The van der Waals surface area contributed by atoms with Gasteiger partial charge in [-0.3, -0.25) is 9.69 Å². The number of nitrogens with one attached hydrogen (secondary N) is 1. The first-order valence-corrected chi connectivity index (χ1v) is 12.2. The van der Waals surface area contributed by atoms with Gasteiger partial charge < -0.3 is 14.9 Å². The standard InChI is InChI=1S/C28H35N3O3/c1-6-29-28(33)27-25(21-7-8-22-16-31(11-12-32)10-9-20(22)14-21)26(30-34-27)24-15-23(17(2)3)18(4)13-19(24)5/h7-8,13-15,17,32H,6,9-12,16H2,1-5H3,(H,29,33). The van der Waals surface area contributed by atoms with Crippen molar-refractivity contribution in [3.63, 3.8) is 0 Å². The monoisotopic (exact) mass is 461 g/mol. The Kier molecular flexibility index (Phi) is 7.19. The number of benzene rings is 2. The van der Waals surface area contributed by atoms with Crippen molar-refractivity contribution in [2.75, 3.05) is 26.2 Å². The Hall–Kier alpha value is -2.96. The topological polar surface area (TPSA) is 78.6 Å². The van der Waals surface area contributed by atoms with Crippen LogP contribution in [0.1, 0.15) is 65.1 Å². The zero-order valence-corrected chi connectivity index (χ0v) is 20.9. The van der Waals surface area contributed by atoms with Crippen LogP contribution in [0, 0.1) is 13.8 Å². The average molecular weight is 462 g/mol. The second-order valence-electron chi connectivity index (χ2n) is 9.51. The maximum absolute atomic E-state index is 12.9. The molecule has 1 amide bonds. The summed E-state index contributed by atoms with van der Waals surface area (Å²) < 4.78 is 5.70. The van der Waals surface area contributed by atoms with Gasteiger partial charge in [-0.15, -0.1) is 0 Å². The number of aromatic nitrogens is 1. The Balaban J connectivity index is 1.85. The molecule has 0 aliphatic carbocycles. The summed E-state index contributed by atoms with van der Waals surface area (Å²) in [6.07, 6.45) is 0.904. The minimum absolute atomic E-state index is 0.168. The van der Waals surface area contributed by atoms with E-state index in [-0.39, 0.29) is 18.3 Å². The lowest BCUT2D eigenvalue weighted by Gasteiger charge is -2.28. The molecular weight excluding hydrogens is 426 g/mol. The number of rotatable bonds is 7. The predicted octanol–water partition coefficient (Wildman–Crippen LogP) is 4.85. The van der Waals surface area contributed by atoms with Crippen LogP contribution in [0.25, 0.3) is 22.4 Å². The van der Waals surface area contributed by atoms with E-state index in [1.807, 2.05) is 6.92 Å². The number of fused-ring (bicyclic) bond motifs is 1. The fraction of sp³-hybridized carbons (Fsp3) is 0.429. The molecule has 1 aliphatic rings. The fourth-order valence-electron chi connectivity index (χ4n) is 4.98. The zero-order valence-electron chi connectivity index (χ0n) is 20.9. The van der Waals surface area contributed by atoms with E-state index in [9.17, 15) is 9.90 Å². The van der Waals surface area contributed by atoms with Gasteiger partial charge in [0.2, 0.25) is 5.76 Å². The van der Waals surface area contributed by atoms with Crippen LogP contribution in [0.3, 0.4) is 0 Å². The van der Waals surface area contributed by atoms with Crippen molar-refractivity contribution >= 4 is 5.91 Å². The van der Waals surface area contributed by atoms with Crippen LogP contribution in [0.4, 0.5) is 0 Å². The summed E-state index contributed by atoms with van der Waals surface area (Å²) in [5.74, 6) is 0.376. The number of β-amino-alcohol motifs (C(OH)–C–C–N with tert-alkyl or cyclic N) is 1. The van der Waals surface area contributed by atoms with Crippen molar-refractivity contribution < 1.29 is 14.4 Å². The fourth-order valence-corrected chi connectivity index (χ4v) is 4.98. The number of amides is 1. The third kappa shape index (κ3) is 4.65. The van der Waals surface area contributed by atoms with Crippen LogP contribution >= 0.6 is 0 Å². The first-order chi connectivity index (χ1) is 16.3. The molecule has 6 heteroatoms. The number of carbonyl (C=O) groups is 1. The zero-order chi connectivity index (χ0) is 24.4. The minimum Gasteiger partial charge on any atom is -0.395 e. The van der Waals surface area contributed by atoms with Crippen molar-refractivity contribution in [2.24, 2.45) is 0 Å².